The molecule has 0 bridgehead atoms. The van der Waals surface area contributed by atoms with E-state index >= 15 is 0 Å². The van der Waals surface area contributed by atoms with Crippen LogP contribution in [0.15, 0.2) is 0 Å². The van der Waals surface area contributed by atoms with Gasteiger partial charge in [0, 0.05) is 0 Å². The highest BCUT2D eigenvalue weighted by Crippen LogP contribution is 2.26. The van der Waals surface area contributed by atoms with Crippen LogP contribution in [0.3, 0.4) is 0 Å². The largest absolute Gasteiger partial charge is 0.370 e. The Morgan fingerprint density at radius 1 is 1.33 bits per heavy atom. The molecule has 54 valence electrons. The third kappa shape index (κ3) is 2.35. The molecule has 9 heavy (non-hydrogen) atoms. The second-order valence-corrected chi connectivity index (χ2v) is 2.88. The number of hydrogen-bond donors (Lipinski definition) is 0. The summed E-state index contributed by atoms with van der Waals surface area (Å²) in [4.78, 5) is 0. The molecule has 2 atom stereocenters. The first-order chi connectivity index (χ1) is 4.34. The molecule has 0 aromatic rings. The zero-order chi connectivity index (χ0) is 6.69. The van der Waals surface area contributed by atoms with E-state index in [9.17, 15) is 0 Å². The Hall–Kier alpha value is -0.0400. The first kappa shape index (κ1) is 7.07. The van der Waals surface area contributed by atoms with Crippen molar-refractivity contribution in [3.05, 3.63) is 0 Å². The quantitative estimate of drug-likeness (QED) is 0.418. The van der Waals surface area contributed by atoms with E-state index < -0.39 is 0 Å². The van der Waals surface area contributed by atoms with Crippen molar-refractivity contribution in [1.82, 2.24) is 0 Å². The summed E-state index contributed by atoms with van der Waals surface area (Å²) < 4.78 is 5.26. The first-order valence-electron chi connectivity index (χ1n) is 4.00. The Bertz CT molecular complexity index is 80.6. The van der Waals surface area contributed by atoms with Gasteiger partial charge in [0.25, 0.3) is 0 Å². The van der Waals surface area contributed by atoms with E-state index in [0.29, 0.717) is 12.2 Å². The van der Waals surface area contributed by atoms with E-state index in [4.69, 9.17) is 4.74 Å². The third-order valence-electron chi connectivity index (χ3n) is 1.93. The lowest BCUT2D eigenvalue weighted by atomic mass is 10.1. The maximum atomic E-state index is 5.26. The molecule has 0 aromatic carbocycles. The summed E-state index contributed by atoms with van der Waals surface area (Å²) in [7, 11) is 0. The summed E-state index contributed by atoms with van der Waals surface area (Å²) in [5.41, 5.74) is 0. The summed E-state index contributed by atoms with van der Waals surface area (Å²) in [5.74, 6) is 0. The molecule has 1 nitrogen and oxygen atoms in total. The SMILES string of the molecule is CCCCC[C@H]1O[C@@H]1C. The molecule has 1 heterocycles. The molecular weight excluding hydrogens is 112 g/mol. The van der Waals surface area contributed by atoms with Crippen molar-refractivity contribution in [2.24, 2.45) is 0 Å². The van der Waals surface area contributed by atoms with Gasteiger partial charge in [0.2, 0.25) is 0 Å². The molecule has 1 aliphatic rings. The standard InChI is InChI=1S/C8H16O/c1-3-4-5-6-8-7(2)9-8/h7-8H,3-6H2,1-2H3/t7-,8-/m1/s1. The summed E-state index contributed by atoms with van der Waals surface area (Å²) in [6, 6.07) is 0. The highest BCUT2D eigenvalue weighted by atomic mass is 16.6. The van der Waals surface area contributed by atoms with E-state index in [-0.39, 0.29) is 0 Å². The number of rotatable bonds is 4. The van der Waals surface area contributed by atoms with Gasteiger partial charge in [-0.05, 0) is 13.3 Å². The van der Waals surface area contributed by atoms with Gasteiger partial charge in [0.15, 0.2) is 0 Å². The Morgan fingerprint density at radius 2 is 2.00 bits per heavy atom. The van der Waals surface area contributed by atoms with Crippen LogP contribution in [0.1, 0.15) is 39.5 Å². The predicted octanol–water partition coefficient (Wildman–Crippen LogP) is 2.35. The van der Waals surface area contributed by atoms with Crippen LogP contribution >= 0.6 is 0 Å². The molecule has 1 aliphatic heterocycles. The smallest absolute Gasteiger partial charge is 0.0839 e. The molecule has 0 unspecified atom stereocenters. The Labute approximate surface area is 57.4 Å². The van der Waals surface area contributed by atoms with Gasteiger partial charge in [-0.3, -0.25) is 0 Å². The fourth-order valence-electron chi connectivity index (χ4n) is 1.13. The summed E-state index contributed by atoms with van der Waals surface area (Å²) in [5, 5.41) is 0. The van der Waals surface area contributed by atoms with Gasteiger partial charge in [0.05, 0.1) is 12.2 Å². The third-order valence-corrected chi connectivity index (χ3v) is 1.93. The monoisotopic (exact) mass is 128 g/mol. The fourth-order valence-corrected chi connectivity index (χ4v) is 1.13. The molecule has 1 fully saturated rings. The summed E-state index contributed by atoms with van der Waals surface area (Å²) >= 11 is 0. The molecule has 1 heteroatoms. The maximum Gasteiger partial charge on any atom is 0.0839 e. The second-order valence-electron chi connectivity index (χ2n) is 2.88. The molecular formula is C8H16O. The number of hydrogen-bond acceptors (Lipinski definition) is 1. The van der Waals surface area contributed by atoms with Crippen molar-refractivity contribution in [3.63, 3.8) is 0 Å². The highest BCUT2D eigenvalue weighted by molar-refractivity contribution is 4.79. The Kier molecular flexibility index (Phi) is 2.52. The normalized spacial score (nSPS) is 32.7. The lowest BCUT2D eigenvalue weighted by Gasteiger charge is -1.91. The van der Waals surface area contributed by atoms with E-state index in [0.717, 1.165) is 0 Å². The van der Waals surface area contributed by atoms with Gasteiger partial charge < -0.3 is 4.74 Å². The van der Waals surface area contributed by atoms with Gasteiger partial charge in [-0.25, -0.2) is 0 Å². The van der Waals surface area contributed by atoms with E-state index in [2.05, 4.69) is 13.8 Å². The molecule has 1 rings (SSSR count). The van der Waals surface area contributed by atoms with Crippen LogP contribution in [0, 0.1) is 0 Å². The molecule has 0 amide bonds. The van der Waals surface area contributed by atoms with Crippen LogP contribution in [0.4, 0.5) is 0 Å². The van der Waals surface area contributed by atoms with Crippen molar-refractivity contribution in [3.8, 4) is 0 Å². The lowest BCUT2D eigenvalue weighted by molar-refractivity contribution is 0.365. The Morgan fingerprint density at radius 3 is 2.44 bits per heavy atom. The van der Waals surface area contributed by atoms with Gasteiger partial charge in [-0.1, -0.05) is 26.2 Å². The lowest BCUT2D eigenvalue weighted by Crippen LogP contribution is -1.88. The van der Waals surface area contributed by atoms with E-state index in [1.807, 2.05) is 0 Å². The summed E-state index contributed by atoms with van der Waals surface area (Å²) in [6.07, 6.45) is 6.52. The minimum Gasteiger partial charge on any atom is -0.370 e. The minimum absolute atomic E-state index is 0.571. The van der Waals surface area contributed by atoms with Crippen LogP contribution in [0.5, 0.6) is 0 Å². The predicted molar refractivity (Wildman–Crippen MR) is 38.5 cm³/mol. The summed E-state index contributed by atoms with van der Waals surface area (Å²) in [6.45, 7) is 4.38. The average molecular weight is 128 g/mol. The molecule has 0 aliphatic carbocycles. The van der Waals surface area contributed by atoms with Gasteiger partial charge in [-0.2, -0.15) is 0 Å². The zero-order valence-electron chi connectivity index (χ0n) is 6.39. The number of unbranched alkanes of at least 4 members (excludes halogenated alkanes) is 2. The van der Waals surface area contributed by atoms with E-state index in [1.54, 1.807) is 0 Å². The van der Waals surface area contributed by atoms with Crippen molar-refractivity contribution >= 4 is 0 Å². The molecule has 0 N–H and O–H groups in total. The second kappa shape index (κ2) is 3.21. The molecule has 0 aromatic heterocycles. The van der Waals surface area contributed by atoms with Crippen molar-refractivity contribution in [1.29, 1.82) is 0 Å². The van der Waals surface area contributed by atoms with Gasteiger partial charge in [0.1, 0.15) is 0 Å². The van der Waals surface area contributed by atoms with Crippen molar-refractivity contribution in [2.45, 2.75) is 51.7 Å². The van der Waals surface area contributed by atoms with Crippen molar-refractivity contribution < 1.29 is 4.74 Å². The van der Waals surface area contributed by atoms with Crippen LogP contribution in [-0.2, 0) is 4.74 Å². The van der Waals surface area contributed by atoms with Crippen molar-refractivity contribution in [2.75, 3.05) is 0 Å². The van der Waals surface area contributed by atoms with Gasteiger partial charge in [-0.15, -0.1) is 0 Å². The maximum absolute atomic E-state index is 5.26. The van der Waals surface area contributed by atoms with Crippen LogP contribution in [-0.4, -0.2) is 12.2 Å². The topological polar surface area (TPSA) is 12.5 Å². The fraction of sp³-hybridized carbons (Fsp3) is 1.00. The van der Waals surface area contributed by atoms with Crippen LogP contribution < -0.4 is 0 Å². The molecule has 0 spiro atoms. The Balaban J connectivity index is 1.83. The molecule has 1 saturated heterocycles. The number of ether oxygens (including phenoxy) is 1. The van der Waals surface area contributed by atoms with Crippen LogP contribution in [0.25, 0.3) is 0 Å². The average Bonchev–Trinajstić information content (AvgIpc) is 2.48. The molecule has 0 radical (unpaired) electrons. The first-order valence-corrected chi connectivity index (χ1v) is 4.00. The zero-order valence-corrected chi connectivity index (χ0v) is 6.39. The van der Waals surface area contributed by atoms with Crippen LogP contribution in [0.2, 0.25) is 0 Å². The molecule has 0 saturated carbocycles. The number of epoxide rings is 1. The highest BCUT2D eigenvalue weighted by Gasteiger charge is 2.32. The minimum atomic E-state index is 0.571. The van der Waals surface area contributed by atoms with E-state index in [1.165, 1.54) is 25.7 Å². The van der Waals surface area contributed by atoms with Gasteiger partial charge >= 0.3 is 0 Å².